The third-order valence-electron chi connectivity index (χ3n) is 4.02. The van der Waals surface area contributed by atoms with Crippen LogP contribution in [0.1, 0.15) is 12.0 Å². The first-order chi connectivity index (χ1) is 11.8. The molecule has 6 nitrogen and oxygen atoms in total. The van der Waals surface area contributed by atoms with Crippen molar-refractivity contribution in [3.63, 3.8) is 0 Å². The molecular weight excluding hydrogens is 338 g/mol. The minimum absolute atomic E-state index is 0.0961. The largest absolute Gasteiger partial charge is 0.472 e. The number of amides is 1. The van der Waals surface area contributed by atoms with Gasteiger partial charge in [-0.05, 0) is 31.3 Å². The molecular formula is C18H23NO5Si. The van der Waals surface area contributed by atoms with Gasteiger partial charge in [0.25, 0.3) is 0 Å². The molecule has 0 saturated carbocycles. The molecule has 2 fully saturated rings. The number of rotatable bonds is 6. The molecule has 7 heteroatoms. The van der Waals surface area contributed by atoms with Gasteiger partial charge in [0.1, 0.15) is 12.4 Å². The third kappa shape index (κ3) is 4.11. The fourth-order valence-corrected chi connectivity index (χ4v) is 3.32. The summed E-state index contributed by atoms with van der Waals surface area (Å²) in [6, 6.07) is 8.63. The minimum atomic E-state index is -1.67. The molecule has 0 bridgehead atoms. The molecule has 1 aromatic carbocycles. The van der Waals surface area contributed by atoms with Crippen molar-refractivity contribution in [3.05, 3.63) is 47.7 Å². The predicted octanol–water partition coefficient (Wildman–Crippen LogP) is 2.42. The zero-order valence-corrected chi connectivity index (χ0v) is 15.7. The summed E-state index contributed by atoms with van der Waals surface area (Å²) in [7, 11) is -1.67. The number of β-lactam (4-membered cyclic amide) rings is 1. The number of hydrogen-bond donors (Lipinski definition) is 0. The zero-order chi connectivity index (χ0) is 18.0. The number of benzene rings is 1. The first-order valence-corrected chi connectivity index (χ1v) is 11.8. The molecule has 0 aliphatic carbocycles. The molecule has 2 unspecified atom stereocenters. The molecule has 3 rings (SSSR count). The maximum absolute atomic E-state index is 12.6. The minimum Gasteiger partial charge on any atom is -0.472 e. The van der Waals surface area contributed by atoms with Crippen molar-refractivity contribution in [2.45, 2.75) is 44.9 Å². The molecule has 2 atom stereocenters. The summed E-state index contributed by atoms with van der Waals surface area (Å²) in [4.78, 5) is 25.9. The highest BCUT2D eigenvalue weighted by Gasteiger charge is 2.54. The monoisotopic (exact) mass is 361 g/mol. The van der Waals surface area contributed by atoms with Gasteiger partial charge >= 0.3 is 5.97 Å². The van der Waals surface area contributed by atoms with Crippen molar-refractivity contribution in [1.29, 1.82) is 0 Å². The maximum Gasteiger partial charge on any atom is 0.337 e. The Balaban J connectivity index is 1.67. The Morgan fingerprint density at radius 3 is 2.68 bits per heavy atom. The van der Waals surface area contributed by atoms with Crippen LogP contribution in [-0.4, -0.2) is 44.0 Å². The molecule has 134 valence electrons. The van der Waals surface area contributed by atoms with Gasteiger partial charge in [-0.25, -0.2) is 4.79 Å². The average molecular weight is 361 g/mol. The van der Waals surface area contributed by atoms with Crippen molar-refractivity contribution in [3.8, 4) is 0 Å². The molecule has 2 heterocycles. The molecule has 1 amide bonds. The van der Waals surface area contributed by atoms with Crippen LogP contribution >= 0.6 is 0 Å². The first-order valence-electron chi connectivity index (χ1n) is 8.37. The van der Waals surface area contributed by atoms with Gasteiger partial charge in [-0.3, -0.25) is 9.69 Å². The highest BCUT2D eigenvalue weighted by molar-refractivity contribution is 6.69. The van der Waals surface area contributed by atoms with Crippen LogP contribution in [0.2, 0.25) is 19.6 Å². The van der Waals surface area contributed by atoms with E-state index in [2.05, 4.69) is 19.6 Å². The number of carbonyl (C=O) groups is 2. The van der Waals surface area contributed by atoms with E-state index in [-0.39, 0.29) is 18.7 Å². The summed E-state index contributed by atoms with van der Waals surface area (Å²) in [6.07, 6.45) is 1.69. The second-order valence-electron chi connectivity index (χ2n) is 7.10. The van der Waals surface area contributed by atoms with E-state index in [1.54, 1.807) is 6.08 Å². The van der Waals surface area contributed by atoms with E-state index in [1.165, 1.54) is 4.90 Å². The van der Waals surface area contributed by atoms with Crippen molar-refractivity contribution < 1.29 is 23.5 Å². The summed E-state index contributed by atoms with van der Waals surface area (Å²) in [6.45, 7) is 6.79. The number of hydrogen-bond acceptors (Lipinski definition) is 5. The smallest absolute Gasteiger partial charge is 0.337 e. The summed E-state index contributed by atoms with van der Waals surface area (Å²) in [5.41, 5.74) is 0.897. The molecule has 0 N–H and O–H groups in total. The van der Waals surface area contributed by atoms with Gasteiger partial charge in [0.2, 0.25) is 5.91 Å². The lowest BCUT2D eigenvalue weighted by atomic mass is 10.1. The molecule has 25 heavy (non-hydrogen) atoms. The van der Waals surface area contributed by atoms with Crippen LogP contribution in [0.4, 0.5) is 0 Å². The second-order valence-corrected chi connectivity index (χ2v) is 11.6. The third-order valence-corrected chi connectivity index (χ3v) is 5.05. The van der Waals surface area contributed by atoms with E-state index in [1.807, 2.05) is 30.3 Å². The normalized spacial score (nSPS) is 23.9. The molecule has 0 spiro atoms. The molecule has 2 saturated heterocycles. The summed E-state index contributed by atoms with van der Waals surface area (Å²) in [5, 5.41) is 0. The van der Waals surface area contributed by atoms with Crippen LogP contribution in [-0.2, 0) is 30.1 Å². The van der Waals surface area contributed by atoms with Crippen LogP contribution in [0.5, 0.6) is 0 Å². The fraction of sp³-hybridized carbons (Fsp3) is 0.444. The molecule has 0 radical (unpaired) electrons. The van der Waals surface area contributed by atoms with Crippen LogP contribution in [0.3, 0.4) is 0 Å². The molecule has 0 aromatic heterocycles. The van der Waals surface area contributed by atoms with Gasteiger partial charge in [0.05, 0.1) is 13.0 Å². The molecule has 2 aliphatic heterocycles. The van der Waals surface area contributed by atoms with Gasteiger partial charge in [-0.15, -0.1) is 0 Å². The predicted molar refractivity (Wildman–Crippen MR) is 93.7 cm³/mol. The van der Waals surface area contributed by atoms with Gasteiger partial charge < -0.3 is 13.9 Å². The fourth-order valence-electron chi connectivity index (χ4n) is 2.74. The summed E-state index contributed by atoms with van der Waals surface area (Å²) in [5.74, 6) is -0.119. The number of fused-ring (bicyclic) bond motifs is 1. The lowest BCUT2D eigenvalue weighted by Crippen LogP contribution is -2.55. The van der Waals surface area contributed by atoms with E-state index in [0.29, 0.717) is 18.8 Å². The number of ether oxygens (including phenoxy) is 2. The van der Waals surface area contributed by atoms with E-state index >= 15 is 0 Å². The highest BCUT2D eigenvalue weighted by atomic mass is 28.4. The highest BCUT2D eigenvalue weighted by Crippen LogP contribution is 2.37. The van der Waals surface area contributed by atoms with E-state index in [4.69, 9.17) is 13.9 Å². The Kier molecular flexibility index (Phi) is 4.96. The van der Waals surface area contributed by atoms with Crippen LogP contribution in [0.15, 0.2) is 42.2 Å². The van der Waals surface area contributed by atoms with Crippen molar-refractivity contribution in [2.75, 3.05) is 6.61 Å². The Morgan fingerprint density at radius 2 is 2.04 bits per heavy atom. The van der Waals surface area contributed by atoms with Crippen molar-refractivity contribution >= 4 is 20.2 Å². The number of nitrogens with zero attached hydrogens (tertiary/aromatic N) is 1. The Bertz CT molecular complexity index is 682. The summed E-state index contributed by atoms with van der Waals surface area (Å²) >= 11 is 0. The van der Waals surface area contributed by atoms with Crippen LogP contribution in [0, 0.1) is 0 Å². The Morgan fingerprint density at radius 1 is 1.32 bits per heavy atom. The van der Waals surface area contributed by atoms with Gasteiger partial charge in [-0.2, -0.15) is 0 Å². The topological polar surface area (TPSA) is 65.1 Å². The first kappa shape index (κ1) is 17.7. The van der Waals surface area contributed by atoms with Crippen molar-refractivity contribution in [2.24, 2.45) is 0 Å². The second kappa shape index (κ2) is 7.01. The lowest BCUT2D eigenvalue weighted by Gasteiger charge is -2.33. The quantitative estimate of drug-likeness (QED) is 0.442. The van der Waals surface area contributed by atoms with Gasteiger partial charge in [-0.1, -0.05) is 30.3 Å². The molecule has 1 aromatic rings. The SMILES string of the molecule is C[Si](C)(C)OCC=C1OC2CC(=O)N2C1C(=O)OCc1ccccc1. The van der Waals surface area contributed by atoms with E-state index in [0.717, 1.165) is 5.56 Å². The van der Waals surface area contributed by atoms with Gasteiger partial charge in [0, 0.05) is 0 Å². The maximum atomic E-state index is 12.6. The summed E-state index contributed by atoms with van der Waals surface area (Å²) < 4.78 is 16.9. The average Bonchev–Trinajstić information content (AvgIpc) is 2.85. The molecule has 2 aliphatic rings. The lowest BCUT2D eigenvalue weighted by molar-refractivity contribution is -0.166. The van der Waals surface area contributed by atoms with Crippen LogP contribution < -0.4 is 0 Å². The van der Waals surface area contributed by atoms with Crippen LogP contribution in [0.25, 0.3) is 0 Å². The van der Waals surface area contributed by atoms with E-state index in [9.17, 15) is 9.59 Å². The van der Waals surface area contributed by atoms with Gasteiger partial charge in [0.15, 0.2) is 20.6 Å². The van der Waals surface area contributed by atoms with Crippen molar-refractivity contribution in [1.82, 2.24) is 4.90 Å². The Labute approximate surface area is 148 Å². The zero-order valence-electron chi connectivity index (χ0n) is 14.7. The number of esters is 1. The number of carbonyl (C=O) groups excluding carboxylic acids is 2. The standard InChI is InChI=1S/C18H23NO5Si/c1-25(2,3)23-10-9-14-17(19-15(20)11-16(19)24-14)18(21)22-12-13-7-5-4-6-8-13/h4-9,16-17H,10-12H2,1-3H3. The Hall–Kier alpha value is -2.12. The van der Waals surface area contributed by atoms with E-state index < -0.39 is 20.3 Å².